The van der Waals surface area contributed by atoms with Gasteiger partial charge in [0.25, 0.3) is 0 Å². The fraction of sp³-hybridized carbons (Fsp3) is 0.739. The zero-order valence-corrected chi connectivity index (χ0v) is 16.6. The first-order valence-corrected chi connectivity index (χ1v) is 10.3. The topological polar surface area (TPSA) is 54.4 Å². The molecule has 142 valence electrons. The highest BCUT2D eigenvalue weighted by Crippen LogP contribution is 2.68. The minimum absolute atomic E-state index is 0.0123. The molecular formula is C23H32O3. The lowest BCUT2D eigenvalue weighted by atomic mass is 9.47. The van der Waals surface area contributed by atoms with Crippen molar-refractivity contribution < 1.29 is 14.7 Å². The van der Waals surface area contributed by atoms with Gasteiger partial charge >= 0.3 is 0 Å². The molecule has 0 heterocycles. The Morgan fingerprint density at radius 1 is 1.23 bits per heavy atom. The van der Waals surface area contributed by atoms with E-state index in [1.165, 1.54) is 11.1 Å². The van der Waals surface area contributed by atoms with E-state index < -0.39 is 5.41 Å². The fourth-order valence-electron chi connectivity index (χ4n) is 7.15. The molecule has 0 spiro atoms. The number of rotatable bonds is 2. The Morgan fingerprint density at radius 3 is 2.65 bits per heavy atom. The second kappa shape index (κ2) is 5.64. The van der Waals surface area contributed by atoms with Crippen molar-refractivity contribution in [3.63, 3.8) is 0 Å². The number of allylic oxidation sites excluding steroid dienone is 4. The second-order valence-electron chi connectivity index (χ2n) is 9.98. The lowest BCUT2D eigenvalue weighted by molar-refractivity contribution is -0.138. The number of carbonyl (C=O) groups excluding carboxylic acids is 2. The maximum atomic E-state index is 12.6. The third-order valence-corrected chi connectivity index (χ3v) is 9.03. The van der Waals surface area contributed by atoms with Crippen molar-refractivity contribution >= 4 is 11.6 Å². The van der Waals surface area contributed by atoms with Crippen molar-refractivity contribution in [2.45, 2.75) is 66.2 Å². The normalized spacial score (nSPS) is 47.4. The van der Waals surface area contributed by atoms with E-state index in [4.69, 9.17) is 0 Å². The van der Waals surface area contributed by atoms with Crippen molar-refractivity contribution in [1.29, 1.82) is 0 Å². The molecule has 0 aromatic rings. The standard InChI is InChI=1S/C23H32O3/c1-14-11-16-17(21(2)8-5-15(25)12-19(14)21)6-9-22(3)18(16)7-10-23(22,4)20(26)13-24/h6,12,14,16,18,24H,5,7-11,13H2,1-4H3/t14-,16?,18?,21+,22-,23+/m0/s1. The molecule has 3 nitrogen and oxygen atoms in total. The van der Waals surface area contributed by atoms with Crippen LogP contribution < -0.4 is 0 Å². The molecule has 4 rings (SSSR count). The van der Waals surface area contributed by atoms with Crippen LogP contribution in [0.2, 0.25) is 0 Å². The van der Waals surface area contributed by atoms with Crippen LogP contribution in [0, 0.1) is 34.0 Å². The molecule has 1 N–H and O–H groups in total. The molecule has 0 saturated heterocycles. The number of ketones is 2. The van der Waals surface area contributed by atoms with Crippen LogP contribution in [0.1, 0.15) is 66.2 Å². The molecule has 3 heteroatoms. The van der Waals surface area contributed by atoms with Crippen molar-refractivity contribution in [3.8, 4) is 0 Å². The van der Waals surface area contributed by atoms with E-state index in [1.54, 1.807) is 0 Å². The van der Waals surface area contributed by atoms with Gasteiger partial charge < -0.3 is 5.11 Å². The maximum Gasteiger partial charge on any atom is 0.164 e. The van der Waals surface area contributed by atoms with Gasteiger partial charge in [-0.15, -0.1) is 0 Å². The van der Waals surface area contributed by atoms with Gasteiger partial charge in [-0.3, -0.25) is 9.59 Å². The molecular weight excluding hydrogens is 324 g/mol. The molecule has 4 aliphatic rings. The Morgan fingerprint density at radius 2 is 1.96 bits per heavy atom. The first-order chi connectivity index (χ1) is 12.2. The van der Waals surface area contributed by atoms with Crippen LogP contribution in [-0.2, 0) is 9.59 Å². The SMILES string of the molecule is C[C@H]1CC2C(=CC[C@@]3(C)C2CC[C@]3(C)C(=O)CO)[C@@]2(C)CCC(=O)C=C12. The van der Waals surface area contributed by atoms with E-state index in [1.807, 2.05) is 6.08 Å². The van der Waals surface area contributed by atoms with Crippen LogP contribution in [0.5, 0.6) is 0 Å². The van der Waals surface area contributed by atoms with Crippen molar-refractivity contribution in [3.05, 3.63) is 23.3 Å². The predicted octanol–water partition coefficient (Wildman–Crippen LogP) is 4.25. The molecule has 2 fully saturated rings. The minimum Gasteiger partial charge on any atom is -0.389 e. The van der Waals surface area contributed by atoms with Crippen molar-refractivity contribution in [2.24, 2.45) is 34.0 Å². The van der Waals surface area contributed by atoms with Gasteiger partial charge in [0.2, 0.25) is 0 Å². The largest absolute Gasteiger partial charge is 0.389 e. The highest BCUT2D eigenvalue weighted by Gasteiger charge is 2.62. The summed E-state index contributed by atoms with van der Waals surface area (Å²) < 4.78 is 0. The molecule has 2 saturated carbocycles. The average Bonchev–Trinajstić information content (AvgIpc) is 2.88. The Balaban J connectivity index is 1.79. The Kier molecular flexibility index (Phi) is 3.94. The molecule has 6 atom stereocenters. The van der Waals surface area contributed by atoms with Gasteiger partial charge in [0, 0.05) is 17.3 Å². The smallest absolute Gasteiger partial charge is 0.164 e. The molecule has 0 radical (unpaired) electrons. The number of fused-ring (bicyclic) bond motifs is 5. The first-order valence-electron chi connectivity index (χ1n) is 10.3. The van der Waals surface area contributed by atoms with Crippen molar-refractivity contribution in [1.82, 2.24) is 0 Å². The van der Waals surface area contributed by atoms with Crippen LogP contribution in [0.15, 0.2) is 23.3 Å². The number of Topliss-reactive ketones (excluding diaryl/α,β-unsaturated/α-hetero) is 1. The second-order valence-corrected chi connectivity index (χ2v) is 9.98. The van der Waals surface area contributed by atoms with E-state index in [0.29, 0.717) is 24.2 Å². The summed E-state index contributed by atoms with van der Waals surface area (Å²) in [6.07, 6.45) is 9.90. The van der Waals surface area contributed by atoms with E-state index in [-0.39, 0.29) is 29.0 Å². The third kappa shape index (κ3) is 2.10. The number of aliphatic hydroxyl groups excluding tert-OH is 1. The molecule has 0 amide bonds. The molecule has 2 unspecified atom stereocenters. The van der Waals surface area contributed by atoms with E-state index in [9.17, 15) is 14.7 Å². The van der Waals surface area contributed by atoms with Crippen LogP contribution in [-0.4, -0.2) is 23.3 Å². The lowest BCUT2D eigenvalue weighted by Crippen LogP contribution is -2.50. The molecule has 0 aliphatic heterocycles. The summed E-state index contributed by atoms with van der Waals surface area (Å²) in [4.78, 5) is 24.7. The quantitative estimate of drug-likeness (QED) is 0.753. The highest BCUT2D eigenvalue weighted by atomic mass is 16.3. The average molecular weight is 357 g/mol. The third-order valence-electron chi connectivity index (χ3n) is 9.03. The molecule has 4 aliphatic carbocycles. The summed E-state index contributed by atoms with van der Waals surface area (Å²) in [5, 5.41) is 9.56. The summed E-state index contributed by atoms with van der Waals surface area (Å²) in [6, 6.07) is 0. The van der Waals surface area contributed by atoms with Crippen LogP contribution in [0.25, 0.3) is 0 Å². The summed E-state index contributed by atoms with van der Waals surface area (Å²) in [7, 11) is 0. The first kappa shape index (κ1) is 18.2. The summed E-state index contributed by atoms with van der Waals surface area (Å²) in [5.41, 5.74) is 2.42. The Labute approximate surface area is 156 Å². The fourth-order valence-corrected chi connectivity index (χ4v) is 7.15. The predicted molar refractivity (Wildman–Crippen MR) is 101 cm³/mol. The van der Waals surface area contributed by atoms with Gasteiger partial charge in [0.15, 0.2) is 11.6 Å². The number of aliphatic hydroxyl groups is 1. The summed E-state index contributed by atoms with van der Waals surface area (Å²) in [5.74, 6) is 1.73. The lowest BCUT2D eigenvalue weighted by Gasteiger charge is -2.56. The number of carbonyl (C=O) groups is 2. The number of hydrogen-bond acceptors (Lipinski definition) is 3. The molecule has 26 heavy (non-hydrogen) atoms. The van der Waals surface area contributed by atoms with Gasteiger partial charge in [0.1, 0.15) is 6.61 Å². The maximum absolute atomic E-state index is 12.6. The Bertz CT molecular complexity index is 732. The molecule has 0 aromatic heterocycles. The molecule has 0 bridgehead atoms. The van der Waals surface area contributed by atoms with Crippen LogP contribution in [0.4, 0.5) is 0 Å². The monoisotopic (exact) mass is 356 g/mol. The van der Waals surface area contributed by atoms with Gasteiger partial charge in [-0.2, -0.15) is 0 Å². The van der Waals surface area contributed by atoms with E-state index in [2.05, 4.69) is 33.8 Å². The van der Waals surface area contributed by atoms with E-state index in [0.717, 1.165) is 32.1 Å². The zero-order valence-electron chi connectivity index (χ0n) is 16.6. The van der Waals surface area contributed by atoms with E-state index >= 15 is 0 Å². The summed E-state index contributed by atoms with van der Waals surface area (Å²) >= 11 is 0. The number of hydrogen-bond donors (Lipinski definition) is 1. The van der Waals surface area contributed by atoms with Crippen LogP contribution >= 0.6 is 0 Å². The van der Waals surface area contributed by atoms with Gasteiger partial charge in [0.05, 0.1) is 0 Å². The van der Waals surface area contributed by atoms with Gasteiger partial charge in [-0.25, -0.2) is 0 Å². The highest BCUT2D eigenvalue weighted by molar-refractivity contribution is 5.92. The zero-order chi connectivity index (χ0) is 18.9. The van der Waals surface area contributed by atoms with Gasteiger partial charge in [-0.05, 0) is 61.3 Å². The minimum atomic E-state index is -0.419. The van der Waals surface area contributed by atoms with Crippen molar-refractivity contribution in [2.75, 3.05) is 6.61 Å². The summed E-state index contributed by atoms with van der Waals surface area (Å²) in [6.45, 7) is 8.65. The van der Waals surface area contributed by atoms with Gasteiger partial charge in [-0.1, -0.05) is 44.9 Å². The molecule has 0 aromatic carbocycles. The Hall–Kier alpha value is -1.22. The van der Waals surface area contributed by atoms with Crippen LogP contribution in [0.3, 0.4) is 0 Å².